The van der Waals surface area contributed by atoms with Gasteiger partial charge in [0.25, 0.3) is 0 Å². The Morgan fingerprint density at radius 2 is 2.25 bits per heavy atom. The van der Waals surface area contributed by atoms with E-state index in [1.807, 2.05) is 16.8 Å². The summed E-state index contributed by atoms with van der Waals surface area (Å²) in [5.74, 6) is -0.134. The van der Waals surface area contributed by atoms with Gasteiger partial charge in [0.2, 0.25) is 0 Å². The van der Waals surface area contributed by atoms with Crippen LogP contribution in [0.3, 0.4) is 0 Å². The molecule has 0 unspecified atom stereocenters. The molecule has 3 rings (SSSR count). The number of imidazole rings is 1. The van der Waals surface area contributed by atoms with Crippen molar-refractivity contribution in [1.29, 1.82) is 0 Å². The number of carbonyl (C=O) groups is 1. The number of aryl methyl sites for hydroxylation is 1. The van der Waals surface area contributed by atoms with Crippen molar-refractivity contribution in [2.75, 3.05) is 6.61 Å². The van der Waals surface area contributed by atoms with E-state index in [2.05, 4.69) is 31.0 Å². The van der Waals surface area contributed by atoms with E-state index in [0.717, 1.165) is 17.3 Å². The number of aromatic nitrogens is 2. The van der Waals surface area contributed by atoms with Gasteiger partial charge in [0.15, 0.2) is 5.16 Å². The molecule has 0 N–H and O–H groups in total. The minimum absolute atomic E-state index is 0.134. The van der Waals surface area contributed by atoms with E-state index in [4.69, 9.17) is 4.74 Å². The largest absolute Gasteiger partial charge is 0.465 e. The summed E-state index contributed by atoms with van der Waals surface area (Å²) < 4.78 is 7.05. The molecule has 1 aromatic heterocycles. The summed E-state index contributed by atoms with van der Waals surface area (Å²) in [6.45, 7) is 4.71. The molecule has 1 aliphatic rings. The molecule has 5 heteroatoms. The highest BCUT2D eigenvalue weighted by molar-refractivity contribution is 8.00. The molecule has 1 saturated heterocycles. The Morgan fingerprint density at radius 3 is 3.00 bits per heavy atom. The average Bonchev–Trinajstić information content (AvgIpc) is 3.04. The second-order valence-electron chi connectivity index (χ2n) is 4.86. The number of carbonyl (C=O) groups excluding carboxylic acids is 1. The van der Waals surface area contributed by atoms with Gasteiger partial charge < -0.3 is 4.74 Å². The number of ether oxygens (including phenoxy) is 1. The first kappa shape index (κ1) is 13.2. The smallest absolute Gasteiger partial charge is 0.319 e. The summed E-state index contributed by atoms with van der Waals surface area (Å²) in [6, 6.07) is 6.20. The van der Waals surface area contributed by atoms with E-state index < -0.39 is 0 Å². The quantitative estimate of drug-likeness (QED) is 0.815. The van der Waals surface area contributed by atoms with Crippen molar-refractivity contribution in [2.45, 2.75) is 30.7 Å². The Bertz CT molecular complexity index is 651. The molecule has 1 aromatic carbocycles. The molecule has 20 heavy (non-hydrogen) atoms. The van der Waals surface area contributed by atoms with Gasteiger partial charge in [0.1, 0.15) is 5.25 Å². The van der Waals surface area contributed by atoms with Crippen molar-refractivity contribution in [3.05, 3.63) is 41.7 Å². The number of thioether (sulfide) groups is 1. The van der Waals surface area contributed by atoms with E-state index in [1.54, 1.807) is 6.20 Å². The van der Waals surface area contributed by atoms with Gasteiger partial charge in [0.05, 0.1) is 12.3 Å². The zero-order valence-electron chi connectivity index (χ0n) is 11.5. The third kappa shape index (κ3) is 2.33. The van der Waals surface area contributed by atoms with Crippen LogP contribution in [0, 0.1) is 13.8 Å². The first-order valence-corrected chi connectivity index (χ1v) is 7.48. The average molecular weight is 288 g/mol. The van der Waals surface area contributed by atoms with E-state index in [1.165, 1.54) is 22.9 Å². The molecule has 1 atom stereocenters. The van der Waals surface area contributed by atoms with Crippen LogP contribution < -0.4 is 0 Å². The highest BCUT2D eigenvalue weighted by Gasteiger charge is 2.29. The molecule has 0 bridgehead atoms. The molecular weight excluding hydrogens is 272 g/mol. The number of benzene rings is 1. The predicted octanol–water partition coefficient (Wildman–Crippen LogP) is 2.90. The number of esters is 1. The van der Waals surface area contributed by atoms with E-state index in [-0.39, 0.29) is 11.2 Å². The van der Waals surface area contributed by atoms with Crippen LogP contribution in [0.15, 0.2) is 35.7 Å². The zero-order chi connectivity index (χ0) is 14.1. The van der Waals surface area contributed by atoms with Crippen LogP contribution in [0.1, 0.15) is 17.5 Å². The van der Waals surface area contributed by atoms with Gasteiger partial charge in [-0.2, -0.15) is 0 Å². The lowest BCUT2D eigenvalue weighted by atomic mass is 10.1. The van der Waals surface area contributed by atoms with Crippen molar-refractivity contribution < 1.29 is 9.53 Å². The number of cyclic esters (lactones) is 1. The topological polar surface area (TPSA) is 44.1 Å². The summed E-state index contributed by atoms with van der Waals surface area (Å²) in [6.07, 6.45) is 4.46. The number of rotatable bonds is 3. The first-order valence-electron chi connectivity index (χ1n) is 6.60. The Labute approximate surface area is 122 Å². The monoisotopic (exact) mass is 288 g/mol. The summed E-state index contributed by atoms with van der Waals surface area (Å²) in [4.78, 5) is 16.0. The Balaban J connectivity index is 1.94. The summed E-state index contributed by atoms with van der Waals surface area (Å²) in [7, 11) is 0. The molecule has 104 valence electrons. The lowest BCUT2D eigenvalue weighted by Gasteiger charge is -2.13. The van der Waals surface area contributed by atoms with Gasteiger partial charge in [-0.1, -0.05) is 23.9 Å². The fourth-order valence-electron chi connectivity index (χ4n) is 2.27. The minimum Gasteiger partial charge on any atom is -0.465 e. The summed E-state index contributed by atoms with van der Waals surface area (Å²) in [5, 5.41) is 0.698. The predicted molar refractivity (Wildman–Crippen MR) is 78.3 cm³/mol. The van der Waals surface area contributed by atoms with Crippen molar-refractivity contribution in [2.24, 2.45) is 0 Å². The molecule has 0 radical (unpaired) electrons. The molecule has 1 aliphatic heterocycles. The molecule has 0 saturated carbocycles. The second-order valence-corrected chi connectivity index (χ2v) is 6.03. The molecule has 0 amide bonds. The van der Waals surface area contributed by atoms with Crippen molar-refractivity contribution in [3.8, 4) is 5.69 Å². The van der Waals surface area contributed by atoms with Gasteiger partial charge in [-0.05, 0) is 31.0 Å². The number of hydrogen-bond donors (Lipinski definition) is 0. The van der Waals surface area contributed by atoms with Gasteiger partial charge in [-0.25, -0.2) is 4.98 Å². The van der Waals surface area contributed by atoms with Crippen LogP contribution in [0.4, 0.5) is 0 Å². The first-order chi connectivity index (χ1) is 9.66. The second kappa shape index (κ2) is 5.32. The van der Waals surface area contributed by atoms with Crippen LogP contribution in [-0.4, -0.2) is 27.4 Å². The highest BCUT2D eigenvalue weighted by atomic mass is 32.2. The standard InChI is InChI=1S/C15H16N2O2S/c1-10-4-3-5-12(11(10)2)17-8-7-16-15(17)20-13-6-9-19-14(13)18/h3-5,7-8,13H,6,9H2,1-2H3/t13-/m1/s1. The van der Waals surface area contributed by atoms with Crippen molar-refractivity contribution in [1.82, 2.24) is 9.55 Å². The van der Waals surface area contributed by atoms with Crippen LogP contribution in [-0.2, 0) is 9.53 Å². The lowest BCUT2D eigenvalue weighted by molar-refractivity contribution is -0.137. The highest BCUT2D eigenvalue weighted by Crippen LogP contribution is 2.31. The summed E-state index contributed by atoms with van der Waals surface area (Å²) >= 11 is 1.48. The number of hydrogen-bond acceptors (Lipinski definition) is 4. The Hall–Kier alpha value is -1.75. The maximum absolute atomic E-state index is 11.6. The molecule has 0 aliphatic carbocycles. The fraction of sp³-hybridized carbons (Fsp3) is 0.333. The number of nitrogens with zero attached hydrogens (tertiary/aromatic N) is 2. The van der Waals surface area contributed by atoms with Gasteiger partial charge in [-0.3, -0.25) is 9.36 Å². The van der Waals surface area contributed by atoms with E-state index in [9.17, 15) is 4.79 Å². The molecular formula is C15H16N2O2S. The summed E-state index contributed by atoms with van der Waals surface area (Å²) in [5.41, 5.74) is 3.57. The maximum atomic E-state index is 11.6. The molecule has 4 nitrogen and oxygen atoms in total. The third-order valence-electron chi connectivity index (χ3n) is 3.58. The van der Waals surface area contributed by atoms with Gasteiger partial charge in [0, 0.05) is 18.8 Å². The van der Waals surface area contributed by atoms with Crippen LogP contribution in [0.25, 0.3) is 5.69 Å². The van der Waals surface area contributed by atoms with Crippen LogP contribution in [0.2, 0.25) is 0 Å². The molecule has 2 heterocycles. The van der Waals surface area contributed by atoms with E-state index >= 15 is 0 Å². The van der Waals surface area contributed by atoms with Crippen LogP contribution >= 0.6 is 11.8 Å². The maximum Gasteiger partial charge on any atom is 0.319 e. The molecule has 2 aromatic rings. The van der Waals surface area contributed by atoms with Gasteiger partial charge in [-0.15, -0.1) is 0 Å². The third-order valence-corrected chi connectivity index (χ3v) is 4.80. The fourth-order valence-corrected chi connectivity index (χ4v) is 3.30. The van der Waals surface area contributed by atoms with Gasteiger partial charge >= 0.3 is 5.97 Å². The normalized spacial score (nSPS) is 18.3. The minimum atomic E-state index is -0.138. The zero-order valence-corrected chi connectivity index (χ0v) is 12.3. The lowest BCUT2D eigenvalue weighted by Crippen LogP contribution is -2.11. The van der Waals surface area contributed by atoms with Crippen LogP contribution in [0.5, 0.6) is 0 Å². The van der Waals surface area contributed by atoms with Crippen molar-refractivity contribution in [3.63, 3.8) is 0 Å². The van der Waals surface area contributed by atoms with E-state index in [0.29, 0.717) is 6.61 Å². The Morgan fingerprint density at radius 1 is 1.40 bits per heavy atom. The Kier molecular flexibility index (Phi) is 3.53. The molecule has 0 spiro atoms. The molecule has 1 fully saturated rings. The van der Waals surface area contributed by atoms with Crippen molar-refractivity contribution >= 4 is 17.7 Å². The SMILES string of the molecule is Cc1cccc(-n2ccnc2S[C@@H]2CCOC2=O)c1C.